The van der Waals surface area contributed by atoms with Gasteiger partial charge in [-0.3, -0.25) is 4.79 Å². The molecule has 0 aromatic heterocycles. The van der Waals surface area contributed by atoms with Crippen molar-refractivity contribution >= 4 is 21.7 Å². The minimum Gasteiger partial charge on any atom is -0.507 e. The maximum atomic E-state index is 12.7. The molecule has 1 aliphatic rings. The average molecular weight is 347 g/mol. The van der Waals surface area contributed by atoms with E-state index in [4.69, 9.17) is 0 Å². The van der Waals surface area contributed by atoms with Crippen molar-refractivity contribution in [3.8, 4) is 11.5 Å². The van der Waals surface area contributed by atoms with Crippen LogP contribution in [0.25, 0.3) is 0 Å². The Morgan fingerprint density at radius 2 is 1.81 bits per heavy atom. The molecule has 4 heteroatoms. The molecule has 2 aromatic rings. The molecule has 0 unspecified atom stereocenters. The molecule has 21 heavy (non-hydrogen) atoms. The number of hydrogen-bond acceptors (Lipinski definition) is 3. The number of carbonyl (C=O) groups is 1. The fraction of sp³-hybridized carbons (Fsp3) is 0.235. The number of phenolic OH excluding ortho intramolecular Hbond substituents is 2. The van der Waals surface area contributed by atoms with Crippen LogP contribution in [0.2, 0.25) is 0 Å². The molecular formula is C17H15BrO3. The predicted molar refractivity (Wildman–Crippen MR) is 84.2 cm³/mol. The number of halogens is 1. The lowest BCUT2D eigenvalue weighted by Gasteiger charge is -2.23. The summed E-state index contributed by atoms with van der Waals surface area (Å²) in [4.78, 5) is 12.7. The zero-order valence-corrected chi connectivity index (χ0v) is 13.4. The van der Waals surface area contributed by atoms with Gasteiger partial charge >= 0.3 is 0 Å². The Bertz CT molecular complexity index is 763. The van der Waals surface area contributed by atoms with E-state index in [0.29, 0.717) is 12.0 Å². The van der Waals surface area contributed by atoms with E-state index in [1.807, 2.05) is 26.0 Å². The van der Waals surface area contributed by atoms with E-state index < -0.39 is 0 Å². The number of phenols is 2. The van der Waals surface area contributed by atoms with Crippen molar-refractivity contribution in [3.05, 3.63) is 56.6 Å². The second-order valence-corrected chi connectivity index (χ2v) is 6.47. The number of aromatic hydroxyl groups is 2. The lowest BCUT2D eigenvalue weighted by Crippen LogP contribution is -2.17. The van der Waals surface area contributed by atoms with Crippen molar-refractivity contribution in [1.29, 1.82) is 0 Å². The van der Waals surface area contributed by atoms with Gasteiger partial charge in [-0.05, 0) is 34.7 Å². The molecule has 0 aliphatic heterocycles. The van der Waals surface area contributed by atoms with Crippen LogP contribution < -0.4 is 0 Å². The molecule has 3 nitrogen and oxygen atoms in total. The molecular weight excluding hydrogens is 332 g/mol. The van der Waals surface area contributed by atoms with Gasteiger partial charge in [0.2, 0.25) is 5.78 Å². The van der Waals surface area contributed by atoms with E-state index >= 15 is 0 Å². The first-order valence-electron chi connectivity index (χ1n) is 6.81. The van der Waals surface area contributed by atoms with Gasteiger partial charge in [-0.25, -0.2) is 0 Å². The molecule has 0 bridgehead atoms. The Labute approximate surface area is 131 Å². The fourth-order valence-corrected chi connectivity index (χ4v) is 3.34. The minimum absolute atomic E-state index is 0.0394. The first kappa shape index (κ1) is 14.1. The summed E-state index contributed by atoms with van der Waals surface area (Å²) in [6.45, 7) is 3.94. The van der Waals surface area contributed by atoms with Gasteiger partial charge in [-0.2, -0.15) is 0 Å². The maximum Gasteiger partial charge on any atom is 0.201 e. The van der Waals surface area contributed by atoms with Gasteiger partial charge in [-0.1, -0.05) is 41.9 Å². The molecule has 2 aromatic carbocycles. The van der Waals surface area contributed by atoms with Crippen LogP contribution in [0.5, 0.6) is 11.5 Å². The molecule has 1 aliphatic carbocycles. The van der Waals surface area contributed by atoms with Crippen molar-refractivity contribution in [2.75, 3.05) is 0 Å². The maximum absolute atomic E-state index is 12.7. The van der Waals surface area contributed by atoms with Gasteiger partial charge in [-0.15, -0.1) is 0 Å². The first-order valence-corrected chi connectivity index (χ1v) is 7.61. The average Bonchev–Trinajstić information content (AvgIpc) is 2.42. The summed E-state index contributed by atoms with van der Waals surface area (Å²) in [6.07, 6.45) is 0.511. The molecule has 0 amide bonds. The molecule has 2 N–H and O–H groups in total. The van der Waals surface area contributed by atoms with Gasteiger partial charge in [0.1, 0.15) is 11.5 Å². The van der Waals surface area contributed by atoms with Gasteiger partial charge in [0.05, 0.1) is 11.1 Å². The number of hydrogen-bond donors (Lipinski definition) is 2. The summed E-state index contributed by atoms with van der Waals surface area (Å²) in [7, 11) is 0. The zero-order valence-electron chi connectivity index (χ0n) is 11.8. The topological polar surface area (TPSA) is 57.5 Å². The molecule has 0 atom stereocenters. The smallest absolute Gasteiger partial charge is 0.201 e. The summed E-state index contributed by atoms with van der Waals surface area (Å²) < 4.78 is 0.793. The van der Waals surface area contributed by atoms with Crippen LogP contribution in [0.1, 0.15) is 52.4 Å². The van der Waals surface area contributed by atoms with Gasteiger partial charge < -0.3 is 10.2 Å². The fourth-order valence-electron chi connectivity index (χ4n) is 2.87. The van der Waals surface area contributed by atoms with E-state index in [1.165, 1.54) is 6.07 Å². The first-order chi connectivity index (χ1) is 9.91. The second kappa shape index (κ2) is 4.88. The number of benzene rings is 2. The molecule has 108 valence electrons. The van der Waals surface area contributed by atoms with Crippen LogP contribution in [0, 0.1) is 0 Å². The molecule has 0 saturated carbocycles. The van der Waals surface area contributed by atoms with E-state index in [2.05, 4.69) is 15.9 Å². The van der Waals surface area contributed by atoms with Gasteiger partial charge in [0.25, 0.3) is 0 Å². The summed E-state index contributed by atoms with van der Waals surface area (Å²) in [5.41, 5.74) is 2.92. The number of carbonyl (C=O) groups excluding carboxylic acids is 1. The highest BCUT2D eigenvalue weighted by molar-refractivity contribution is 9.10. The third-order valence-electron chi connectivity index (χ3n) is 3.97. The molecule has 0 fully saturated rings. The highest BCUT2D eigenvalue weighted by atomic mass is 79.9. The molecule has 3 rings (SSSR count). The van der Waals surface area contributed by atoms with Crippen LogP contribution in [-0.4, -0.2) is 16.0 Å². The van der Waals surface area contributed by atoms with Crippen molar-refractivity contribution in [3.63, 3.8) is 0 Å². The highest BCUT2D eigenvalue weighted by Gasteiger charge is 2.31. The Morgan fingerprint density at radius 1 is 1.10 bits per heavy atom. The van der Waals surface area contributed by atoms with Crippen molar-refractivity contribution in [2.45, 2.75) is 26.2 Å². The Morgan fingerprint density at radius 3 is 2.48 bits per heavy atom. The lowest BCUT2D eigenvalue weighted by molar-refractivity contribution is 0.102. The van der Waals surface area contributed by atoms with Crippen molar-refractivity contribution < 1.29 is 15.0 Å². The SMILES string of the molecule is CC(C)c1ccc2c(c1O)C(=O)c1c(O)ccc(Br)c1C2. The predicted octanol–water partition coefficient (Wildman–Crippen LogP) is 4.12. The quantitative estimate of drug-likeness (QED) is 0.696. The summed E-state index contributed by atoms with van der Waals surface area (Å²) in [6, 6.07) is 6.99. The third kappa shape index (κ3) is 2.05. The lowest BCUT2D eigenvalue weighted by atomic mass is 9.82. The van der Waals surface area contributed by atoms with Crippen LogP contribution in [-0.2, 0) is 6.42 Å². The Hall–Kier alpha value is -1.81. The van der Waals surface area contributed by atoms with Gasteiger partial charge in [0.15, 0.2) is 0 Å². The van der Waals surface area contributed by atoms with Crippen LogP contribution in [0.4, 0.5) is 0 Å². The molecule has 0 radical (unpaired) electrons. The second-order valence-electron chi connectivity index (χ2n) is 5.62. The standard InChI is InChI=1S/C17H15BrO3/c1-8(2)10-4-3-9-7-11-12(18)5-6-13(19)15(11)17(21)14(9)16(10)20/h3-6,8,19-20H,7H2,1-2H3. The third-order valence-corrected chi connectivity index (χ3v) is 4.72. The largest absolute Gasteiger partial charge is 0.507 e. The Kier molecular flexibility index (Phi) is 3.29. The summed E-state index contributed by atoms with van der Waals surface area (Å²) >= 11 is 3.43. The molecule has 0 saturated heterocycles. The van der Waals surface area contributed by atoms with E-state index in [1.54, 1.807) is 6.07 Å². The van der Waals surface area contributed by atoms with Crippen molar-refractivity contribution in [2.24, 2.45) is 0 Å². The number of rotatable bonds is 1. The molecule has 0 heterocycles. The minimum atomic E-state index is -0.315. The van der Waals surface area contributed by atoms with E-state index in [-0.39, 0.29) is 28.8 Å². The summed E-state index contributed by atoms with van der Waals surface area (Å²) in [5, 5.41) is 20.5. The van der Waals surface area contributed by atoms with Crippen LogP contribution >= 0.6 is 15.9 Å². The Balaban J connectivity index is 2.27. The van der Waals surface area contributed by atoms with E-state index in [9.17, 15) is 15.0 Å². The van der Waals surface area contributed by atoms with E-state index in [0.717, 1.165) is 21.2 Å². The zero-order chi connectivity index (χ0) is 15.3. The van der Waals surface area contributed by atoms with Gasteiger partial charge in [0, 0.05) is 10.9 Å². The van der Waals surface area contributed by atoms with Crippen LogP contribution in [0.3, 0.4) is 0 Å². The summed E-state index contributed by atoms with van der Waals surface area (Å²) in [5.74, 6) is -0.193. The number of fused-ring (bicyclic) bond motifs is 2. The van der Waals surface area contributed by atoms with Crippen LogP contribution in [0.15, 0.2) is 28.7 Å². The normalized spacial score (nSPS) is 13.2. The molecule has 0 spiro atoms. The van der Waals surface area contributed by atoms with Crippen molar-refractivity contribution in [1.82, 2.24) is 0 Å². The monoisotopic (exact) mass is 346 g/mol. The number of ketones is 1. The highest BCUT2D eigenvalue weighted by Crippen LogP contribution is 2.41.